The fourth-order valence-electron chi connectivity index (χ4n) is 1.53. The van der Waals surface area contributed by atoms with Crippen LogP contribution in [0.3, 0.4) is 0 Å². The second-order valence-corrected chi connectivity index (χ2v) is 5.04. The first-order valence-electron chi connectivity index (χ1n) is 5.93. The van der Waals surface area contributed by atoms with Crippen LogP contribution in [0.1, 0.15) is 10.4 Å². The number of nitrogens with one attached hydrogen (secondary N) is 1. The summed E-state index contributed by atoms with van der Waals surface area (Å²) in [4.78, 5) is 27.3. The number of halogens is 1. The number of aromatic carboxylic acids is 1. The minimum atomic E-state index is -1.16. The first-order chi connectivity index (χ1) is 10.1. The minimum Gasteiger partial charge on any atom is -0.478 e. The first kappa shape index (κ1) is 15.0. The quantitative estimate of drug-likeness (QED) is 0.830. The molecule has 0 aliphatic heterocycles. The van der Waals surface area contributed by atoms with Crippen molar-refractivity contribution in [3.05, 3.63) is 54.0 Å². The molecule has 0 bridgehead atoms. The molecular formula is C14H11FN2O3S. The summed E-state index contributed by atoms with van der Waals surface area (Å²) in [5.41, 5.74) is -0.0716. The number of aromatic nitrogens is 1. The number of hydrogen-bond donors (Lipinski definition) is 2. The highest BCUT2D eigenvalue weighted by atomic mass is 32.2. The van der Waals surface area contributed by atoms with E-state index >= 15 is 0 Å². The molecular weight excluding hydrogens is 295 g/mol. The summed E-state index contributed by atoms with van der Waals surface area (Å²) in [5, 5.41) is 11.4. The lowest BCUT2D eigenvalue weighted by Gasteiger charge is -2.07. The summed E-state index contributed by atoms with van der Waals surface area (Å²) in [6, 6.07) is 8.58. The third-order valence-corrected chi connectivity index (χ3v) is 3.49. The van der Waals surface area contributed by atoms with Gasteiger partial charge in [-0.15, -0.1) is 11.8 Å². The number of pyridine rings is 1. The Balaban J connectivity index is 1.96. The largest absolute Gasteiger partial charge is 0.478 e. The van der Waals surface area contributed by atoms with Gasteiger partial charge in [0.25, 0.3) is 0 Å². The van der Waals surface area contributed by atoms with Crippen LogP contribution in [-0.4, -0.2) is 27.7 Å². The molecule has 1 heterocycles. The standard InChI is InChI=1S/C14H11FN2O3S/c15-9-3-5-10(6-4-9)21-8-12(18)17-13-11(14(19)20)2-1-7-16-13/h1-7H,8H2,(H,19,20)(H,16,17,18). The van der Waals surface area contributed by atoms with Crippen molar-refractivity contribution in [1.29, 1.82) is 0 Å². The minimum absolute atomic E-state index is 0.00899. The van der Waals surface area contributed by atoms with Crippen molar-refractivity contribution >= 4 is 29.5 Å². The van der Waals surface area contributed by atoms with Crippen LogP contribution >= 0.6 is 11.8 Å². The monoisotopic (exact) mass is 306 g/mol. The number of amides is 1. The Bertz CT molecular complexity index is 662. The van der Waals surface area contributed by atoms with Gasteiger partial charge in [-0.25, -0.2) is 14.2 Å². The molecule has 0 unspecified atom stereocenters. The third-order valence-electron chi connectivity index (χ3n) is 2.48. The van der Waals surface area contributed by atoms with Crippen molar-refractivity contribution in [3.63, 3.8) is 0 Å². The van der Waals surface area contributed by atoms with Gasteiger partial charge < -0.3 is 10.4 Å². The predicted molar refractivity (Wildman–Crippen MR) is 77.0 cm³/mol. The molecule has 0 aliphatic carbocycles. The molecule has 108 valence electrons. The number of hydrogen-bond acceptors (Lipinski definition) is 4. The van der Waals surface area contributed by atoms with E-state index in [1.54, 1.807) is 12.1 Å². The lowest BCUT2D eigenvalue weighted by atomic mass is 10.2. The molecule has 0 spiro atoms. The van der Waals surface area contributed by atoms with Crippen LogP contribution in [0, 0.1) is 5.82 Å². The number of carbonyl (C=O) groups excluding carboxylic acids is 1. The van der Waals surface area contributed by atoms with Crippen molar-refractivity contribution in [3.8, 4) is 0 Å². The van der Waals surface area contributed by atoms with Crippen LogP contribution in [-0.2, 0) is 4.79 Å². The van der Waals surface area contributed by atoms with E-state index in [1.165, 1.54) is 42.2 Å². The summed E-state index contributed by atoms with van der Waals surface area (Å²) in [6.07, 6.45) is 1.40. The molecule has 0 radical (unpaired) electrons. The van der Waals surface area contributed by atoms with E-state index in [2.05, 4.69) is 10.3 Å². The topological polar surface area (TPSA) is 79.3 Å². The van der Waals surface area contributed by atoms with E-state index in [0.29, 0.717) is 0 Å². The van der Waals surface area contributed by atoms with Gasteiger partial charge >= 0.3 is 5.97 Å². The Hall–Kier alpha value is -2.41. The van der Waals surface area contributed by atoms with Crippen LogP contribution in [0.4, 0.5) is 10.2 Å². The zero-order valence-electron chi connectivity index (χ0n) is 10.7. The predicted octanol–water partition coefficient (Wildman–Crippen LogP) is 2.65. The summed E-state index contributed by atoms with van der Waals surface area (Å²) < 4.78 is 12.7. The van der Waals surface area contributed by atoms with E-state index in [4.69, 9.17) is 5.11 Å². The van der Waals surface area contributed by atoms with Crippen LogP contribution in [0.25, 0.3) is 0 Å². The maximum Gasteiger partial charge on any atom is 0.339 e. The fourth-order valence-corrected chi connectivity index (χ4v) is 2.22. The van der Waals surface area contributed by atoms with Gasteiger partial charge in [-0.05, 0) is 36.4 Å². The molecule has 0 saturated carbocycles. The first-order valence-corrected chi connectivity index (χ1v) is 6.91. The van der Waals surface area contributed by atoms with Gasteiger partial charge in [0.1, 0.15) is 17.2 Å². The molecule has 2 rings (SSSR count). The highest BCUT2D eigenvalue weighted by Gasteiger charge is 2.13. The van der Waals surface area contributed by atoms with E-state index in [-0.39, 0.29) is 28.9 Å². The summed E-state index contributed by atoms with van der Waals surface area (Å²) in [5.74, 6) is -1.81. The summed E-state index contributed by atoms with van der Waals surface area (Å²) >= 11 is 1.22. The summed E-state index contributed by atoms with van der Waals surface area (Å²) in [6.45, 7) is 0. The van der Waals surface area contributed by atoms with Gasteiger partial charge in [0.15, 0.2) is 0 Å². The highest BCUT2D eigenvalue weighted by molar-refractivity contribution is 8.00. The zero-order chi connectivity index (χ0) is 15.2. The van der Waals surface area contributed by atoms with E-state index in [9.17, 15) is 14.0 Å². The lowest BCUT2D eigenvalue weighted by molar-refractivity contribution is -0.113. The molecule has 7 heteroatoms. The normalized spacial score (nSPS) is 10.1. The number of benzene rings is 1. The Kier molecular flexibility index (Phi) is 4.89. The van der Waals surface area contributed by atoms with Crippen molar-refractivity contribution < 1.29 is 19.1 Å². The van der Waals surface area contributed by atoms with Gasteiger partial charge in [0.2, 0.25) is 5.91 Å². The number of carbonyl (C=O) groups is 2. The highest BCUT2D eigenvalue weighted by Crippen LogP contribution is 2.19. The Labute approximate surface area is 124 Å². The number of carboxylic acids is 1. The average Bonchev–Trinajstić information content (AvgIpc) is 2.47. The molecule has 1 aromatic heterocycles. The van der Waals surface area contributed by atoms with E-state index in [0.717, 1.165) is 4.90 Å². The number of nitrogens with zero attached hydrogens (tertiary/aromatic N) is 1. The maximum absolute atomic E-state index is 12.7. The van der Waals surface area contributed by atoms with Crippen LogP contribution in [0.2, 0.25) is 0 Å². The van der Waals surface area contributed by atoms with Crippen molar-refractivity contribution in [2.24, 2.45) is 0 Å². The van der Waals surface area contributed by atoms with Crippen LogP contribution in [0.15, 0.2) is 47.5 Å². The number of carboxylic acid groups (broad SMARTS) is 1. The van der Waals surface area contributed by atoms with E-state index < -0.39 is 5.97 Å². The molecule has 0 aliphatic rings. The SMILES string of the molecule is O=C(CSc1ccc(F)cc1)Nc1ncccc1C(=O)O. The smallest absolute Gasteiger partial charge is 0.339 e. The van der Waals surface area contributed by atoms with Gasteiger partial charge in [0.05, 0.1) is 5.75 Å². The zero-order valence-corrected chi connectivity index (χ0v) is 11.6. The molecule has 0 fully saturated rings. The molecule has 0 atom stereocenters. The molecule has 2 aromatic rings. The van der Waals surface area contributed by atoms with Crippen molar-refractivity contribution in [2.75, 3.05) is 11.1 Å². The fraction of sp³-hybridized carbons (Fsp3) is 0.0714. The molecule has 2 N–H and O–H groups in total. The van der Waals surface area contributed by atoms with E-state index in [1.807, 2.05) is 0 Å². The van der Waals surface area contributed by atoms with Gasteiger partial charge in [0, 0.05) is 11.1 Å². The molecule has 21 heavy (non-hydrogen) atoms. The number of anilines is 1. The molecule has 0 saturated heterocycles. The Morgan fingerprint density at radius 2 is 1.95 bits per heavy atom. The molecule has 1 aromatic carbocycles. The molecule has 1 amide bonds. The second kappa shape index (κ2) is 6.85. The van der Waals surface area contributed by atoms with Crippen molar-refractivity contribution in [2.45, 2.75) is 4.90 Å². The molecule has 5 nitrogen and oxygen atoms in total. The average molecular weight is 306 g/mol. The third kappa shape index (κ3) is 4.28. The van der Waals surface area contributed by atoms with Crippen molar-refractivity contribution in [1.82, 2.24) is 4.98 Å². The van der Waals surface area contributed by atoms with Crippen LogP contribution in [0.5, 0.6) is 0 Å². The summed E-state index contributed by atoms with van der Waals surface area (Å²) in [7, 11) is 0. The second-order valence-electron chi connectivity index (χ2n) is 4.00. The van der Waals surface area contributed by atoms with Gasteiger partial charge in [-0.3, -0.25) is 4.79 Å². The number of thioether (sulfide) groups is 1. The van der Waals surface area contributed by atoms with Gasteiger partial charge in [-0.2, -0.15) is 0 Å². The number of rotatable bonds is 5. The Morgan fingerprint density at radius 1 is 1.24 bits per heavy atom. The maximum atomic E-state index is 12.7. The van der Waals surface area contributed by atoms with Gasteiger partial charge in [-0.1, -0.05) is 0 Å². The lowest BCUT2D eigenvalue weighted by Crippen LogP contribution is -2.17. The Morgan fingerprint density at radius 3 is 2.62 bits per heavy atom. The van der Waals surface area contributed by atoms with Crippen LogP contribution < -0.4 is 5.32 Å².